The summed E-state index contributed by atoms with van der Waals surface area (Å²) in [5.74, 6) is 0.232. The molecule has 0 atom stereocenters. The number of para-hydroxylation sites is 1. The fraction of sp³-hybridized carbons (Fsp3) is 0. The smallest absolute Gasteiger partial charge is 0.216 e. The van der Waals surface area contributed by atoms with Crippen LogP contribution in [0.25, 0.3) is 16.7 Å². The van der Waals surface area contributed by atoms with Gasteiger partial charge in [0.1, 0.15) is 18.0 Å². The van der Waals surface area contributed by atoms with Crippen molar-refractivity contribution in [1.29, 1.82) is 5.26 Å². The lowest BCUT2D eigenvalue weighted by Crippen LogP contribution is -1.95. The van der Waals surface area contributed by atoms with Gasteiger partial charge in [-0.15, -0.1) is 10.2 Å². The van der Waals surface area contributed by atoms with Crippen LogP contribution in [0, 0.1) is 11.3 Å². The van der Waals surface area contributed by atoms with Crippen LogP contribution in [0.5, 0.6) is 0 Å². The number of nitrogens with one attached hydrogen (secondary N) is 2. The molecule has 0 amide bonds. The summed E-state index contributed by atoms with van der Waals surface area (Å²) in [7, 11) is 0. The van der Waals surface area contributed by atoms with E-state index in [1.807, 2.05) is 30.3 Å². The number of benzene rings is 1. The SMILES string of the molecule is N#CC(=CNc1ccccc1-c1cncnc1)c1nn[nH]n1. The molecule has 0 bridgehead atoms. The molecule has 0 spiro atoms. The van der Waals surface area contributed by atoms with Gasteiger partial charge in [0, 0.05) is 35.4 Å². The third-order valence-corrected chi connectivity index (χ3v) is 2.88. The maximum absolute atomic E-state index is 9.16. The molecule has 0 saturated heterocycles. The largest absolute Gasteiger partial charge is 0.360 e. The molecule has 0 unspecified atom stereocenters. The first-order valence-corrected chi connectivity index (χ1v) is 6.33. The molecule has 1 aromatic carbocycles. The van der Waals surface area contributed by atoms with Gasteiger partial charge in [0.05, 0.1) is 0 Å². The van der Waals surface area contributed by atoms with E-state index in [0.29, 0.717) is 0 Å². The Morgan fingerprint density at radius 1 is 1.23 bits per heavy atom. The Labute approximate surface area is 125 Å². The van der Waals surface area contributed by atoms with Gasteiger partial charge in [-0.05, 0) is 11.3 Å². The number of aromatic nitrogens is 6. The van der Waals surface area contributed by atoms with Crippen molar-refractivity contribution in [3.63, 3.8) is 0 Å². The maximum Gasteiger partial charge on any atom is 0.216 e. The lowest BCUT2D eigenvalue weighted by atomic mass is 10.1. The van der Waals surface area contributed by atoms with Gasteiger partial charge in [0.2, 0.25) is 5.82 Å². The van der Waals surface area contributed by atoms with E-state index in [1.54, 1.807) is 12.4 Å². The number of nitrogens with zero attached hydrogens (tertiary/aromatic N) is 6. The second kappa shape index (κ2) is 6.23. The summed E-state index contributed by atoms with van der Waals surface area (Å²) >= 11 is 0. The molecule has 2 heterocycles. The summed E-state index contributed by atoms with van der Waals surface area (Å²) in [4.78, 5) is 8.03. The van der Waals surface area contributed by atoms with Crippen LogP contribution in [-0.4, -0.2) is 30.6 Å². The molecule has 2 N–H and O–H groups in total. The number of allylic oxidation sites excluding steroid dienone is 1. The Balaban J connectivity index is 1.92. The molecular formula is C14H10N8. The fourth-order valence-electron chi connectivity index (χ4n) is 1.87. The van der Waals surface area contributed by atoms with E-state index < -0.39 is 0 Å². The second-order valence-electron chi connectivity index (χ2n) is 4.22. The van der Waals surface area contributed by atoms with Gasteiger partial charge in [-0.1, -0.05) is 18.2 Å². The van der Waals surface area contributed by atoms with Gasteiger partial charge in [-0.25, -0.2) is 9.97 Å². The number of aromatic amines is 1. The van der Waals surface area contributed by atoms with E-state index >= 15 is 0 Å². The van der Waals surface area contributed by atoms with Crippen molar-refractivity contribution < 1.29 is 0 Å². The lowest BCUT2D eigenvalue weighted by molar-refractivity contribution is 0.881. The van der Waals surface area contributed by atoms with E-state index in [1.165, 1.54) is 12.5 Å². The summed E-state index contributed by atoms with van der Waals surface area (Å²) in [5.41, 5.74) is 2.88. The molecule has 0 fully saturated rings. The molecule has 0 aliphatic carbocycles. The van der Waals surface area contributed by atoms with E-state index in [2.05, 4.69) is 35.9 Å². The number of anilines is 1. The number of rotatable bonds is 4. The molecule has 8 nitrogen and oxygen atoms in total. The molecule has 8 heteroatoms. The molecular weight excluding hydrogens is 280 g/mol. The Kier molecular flexibility index (Phi) is 3.79. The lowest BCUT2D eigenvalue weighted by Gasteiger charge is -2.08. The zero-order chi connectivity index (χ0) is 15.2. The van der Waals surface area contributed by atoms with Crippen molar-refractivity contribution in [1.82, 2.24) is 30.6 Å². The van der Waals surface area contributed by atoms with Gasteiger partial charge >= 0.3 is 0 Å². The van der Waals surface area contributed by atoms with Gasteiger partial charge < -0.3 is 5.32 Å². The number of tetrazole rings is 1. The standard InChI is InChI=1S/C14H10N8/c15-5-10(14-19-21-22-20-14)8-18-13-4-2-1-3-12(13)11-6-16-9-17-7-11/h1-4,6-9,18H,(H,19,20,21,22). The van der Waals surface area contributed by atoms with Gasteiger partial charge in [0.25, 0.3) is 0 Å². The Morgan fingerprint density at radius 2 is 2.05 bits per heavy atom. The van der Waals surface area contributed by atoms with Crippen LogP contribution in [0.2, 0.25) is 0 Å². The minimum absolute atomic E-state index is 0.232. The van der Waals surface area contributed by atoms with E-state index in [-0.39, 0.29) is 11.4 Å². The Morgan fingerprint density at radius 3 is 2.77 bits per heavy atom. The zero-order valence-corrected chi connectivity index (χ0v) is 11.3. The predicted molar refractivity (Wildman–Crippen MR) is 78.9 cm³/mol. The molecule has 3 aromatic rings. The highest BCUT2D eigenvalue weighted by Crippen LogP contribution is 2.26. The van der Waals surface area contributed by atoms with Crippen LogP contribution in [0.3, 0.4) is 0 Å². The van der Waals surface area contributed by atoms with Crippen LogP contribution in [0.4, 0.5) is 5.69 Å². The third kappa shape index (κ3) is 2.78. The number of hydrogen-bond acceptors (Lipinski definition) is 7. The molecule has 0 radical (unpaired) electrons. The Bertz CT molecular complexity index is 818. The van der Waals surface area contributed by atoms with Crippen LogP contribution in [0.15, 0.2) is 49.2 Å². The zero-order valence-electron chi connectivity index (χ0n) is 11.3. The minimum atomic E-state index is 0.232. The summed E-state index contributed by atoms with van der Waals surface area (Å²) in [6, 6.07) is 9.67. The van der Waals surface area contributed by atoms with Crippen molar-refractivity contribution >= 4 is 11.3 Å². The fourth-order valence-corrected chi connectivity index (χ4v) is 1.87. The van der Waals surface area contributed by atoms with Crippen molar-refractivity contribution in [2.24, 2.45) is 0 Å². The normalized spacial score (nSPS) is 11.0. The van der Waals surface area contributed by atoms with Crippen LogP contribution >= 0.6 is 0 Å². The second-order valence-corrected chi connectivity index (χ2v) is 4.22. The molecule has 22 heavy (non-hydrogen) atoms. The molecule has 106 valence electrons. The number of hydrogen-bond donors (Lipinski definition) is 2. The number of nitriles is 1. The van der Waals surface area contributed by atoms with Crippen LogP contribution in [0.1, 0.15) is 5.82 Å². The first-order chi connectivity index (χ1) is 10.9. The topological polar surface area (TPSA) is 116 Å². The summed E-state index contributed by atoms with van der Waals surface area (Å²) < 4.78 is 0. The first-order valence-electron chi connectivity index (χ1n) is 6.33. The van der Waals surface area contributed by atoms with Crippen LogP contribution < -0.4 is 5.32 Å². The summed E-state index contributed by atoms with van der Waals surface area (Å²) in [5, 5.41) is 25.6. The van der Waals surface area contributed by atoms with Crippen molar-refractivity contribution in [3.05, 3.63) is 55.0 Å². The average molecular weight is 290 g/mol. The van der Waals surface area contributed by atoms with E-state index in [9.17, 15) is 0 Å². The maximum atomic E-state index is 9.16. The van der Waals surface area contributed by atoms with E-state index in [0.717, 1.165) is 16.8 Å². The third-order valence-electron chi connectivity index (χ3n) is 2.88. The highest BCUT2D eigenvalue weighted by Gasteiger charge is 2.07. The van der Waals surface area contributed by atoms with Gasteiger partial charge in [-0.2, -0.15) is 10.5 Å². The first kappa shape index (κ1) is 13.4. The van der Waals surface area contributed by atoms with Crippen molar-refractivity contribution in [3.8, 4) is 17.2 Å². The van der Waals surface area contributed by atoms with Gasteiger partial charge in [-0.3, -0.25) is 0 Å². The Hall–Kier alpha value is -3.60. The van der Waals surface area contributed by atoms with Crippen molar-refractivity contribution in [2.75, 3.05) is 5.32 Å². The van der Waals surface area contributed by atoms with Gasteiger partial charge in [0.15, 0.2) is 0 Å². The highest BCUT2D eigenvalue weighted by atomic mass is 15.5. The quantitative estimate of drug-likeness (QED) is 0.701. The molecule has 2 aromatic heterocycles. The monoisotopic (exact) mass is 290 g/mol. The van der Waals surface area contributed by atoms with Crippen LogP contribution in [-0.2, 0) is 0 Å². The summed E-state index contributed by atoms with van der Waals surface area (Å²) in [6.07, 6.45) is 6.46. The molecule has 3 rings (SSSR count). The predicted octanol–water partition coefficient (Wildman–Crippen LogP) is 1.63. The van der Waals surface area contributed by atoms with Crippen molar-refractivity contribution in [2.45, 2.75) is 0 Å². The minimum Gasteiger partial charge on any atom is -0.360 e. The summed E-state index contributed by atoms with van der Waals surface area (Å²) in [6.45, 7) is 0. The molecule has 0 aliphatic rings. The molecule has 0 aliphatic heterocycles. The molecule has 0 saturated carbocycles. The van der Waals surface area contributed by atoms with E-state index in [4.69, 9.17) is 5.26 Å². The number of H-pyrrole nitrogens is 1. The average Bonchev–Trinajstić information content (AvgIpc) is 3.11. The highest BCUT2D eigenvalue weighted by molar-refractivity contribution is 5.80.